The molecule has 3 rings (SSSR count). The molecule has 1 N–H and O–H groups in total. The summed E-state index contributed by atoms with van der Waals surface area (Å²) in [6.07, 6.45) is 1.92. The molecular formula is C19H27N5OS. The van der Waals surface area contributed by atoms with Crippen molar-refractivity contribution in [1.29, 1.82) is 0 Å². The van der Waals surface area contributed by atoms with Crippen LogP contribution in [0.3, 0.4) is 0 Å². The van der Waals surface area contributed by atoms with E-state index in [0.29, 0.717) is 0 Å². The minimum atomic E-state index is -0.257. The maximum atomic E-state index is 13.4. The number of carbonyl (C=O) groups is 1. The van der Waals surface area contributed by atoms with Crippen molar-refractivity contribution in [3.8, 4) is 0 Å². The first kappa shape index (κ1) is 18.8. The van der Waals surface area contributed by atoms with E-state index in [4.69, 9.17) is 0 Å². The lowest BCUT2D eigenvalue weighted by Crippen LogP contribution is -2.46. The predicted octanol–water partition coefficient (Wildman–Crippen LogP) is 3.30. The summed E-state index contributed by atoms with van der Waals surface area (Å²) in [4.78, 5) is 15.3. The van der Waals surface area contributed by atoms with Gasteiger partial charge in [-0.25, -0.2) is 4.68 Å². The number of benzene rings is 1. The molecule has 0 radical (unpaired) electrons. The molecule has 2 aromatic rings. The van der Waals surface area contributed by atoms with Crippen molar-refractivity contribution < 1.29 is 4.79 Å². The Morgan fingerprint density at radius 2 is 1.81 bits per heavy atom. The zero-order valence-corrected chi connectivity index (χ0v) is 16.7. The van der Waals surface area contributed by atoms with Gasteiger partial charge >= 0.3 is 0 Å². The van der Waals surface area contributed by atoms with Gasteiger partial charge in [0.1, 0.15) is 11.1 Å². The number of amides is 1. The van der Waals surface area contributed by atoms with Crippen LogP contribution in [0.25, 0.3) is 0 Å². The maximum Gasteiger partial charge on any atom is 0.238 e. The van der Waals surface area contributed by atoms with Gasteiger partial charge in [-0.05, 0) is 32.3 Å². The Kier molecular flexibility index (Phi) is 5.86. The van der Waals surface area contributed by atoms with Crippen molar-refractivity contribution >= 4 is 17.7 Å². The van der Waals surface area contributed by atoms with E-state index in [1.54, 1.807) is 0 Å². The van der Waals surface area contributed by atoms with E-state index in [1.807, 2.05) is 16.5 Å². The van der Waals surface area contributed by atoms with Crippen LogP contribution in [-0.2, 0) is 4.79 Å². The average Bonchev–Trinajstić information content (AvgIpc) is 3.01. The van der Waals surface area contributed by atoms with Crippen molar-refractivity contribution in [3.05, 3.63) is 41.2 Å². The Bertz CT molecular complexity index is 752. The van der Waals surface area contributed by atoms with Crippen LogP contribution >= 0.6 is 11.8 Å². The molecule has 0 bridgehead atoms. The smallest absolute Gasteiger partial charge is 0.238 e. The number of aryl methyl sites for hydroxylation is 2. The summed E-state index contributed by atoms with van der Waals surface area (Å²) in [7, 11) is 0. The summed E-state index contributed by atoms with van der Waals surface area (Å²) in [5, 5.41) is 8.87. The second-order valence-electron chi connectivity index (χ2n) is 6.75. The summed E-state index contributed by atoms with van der Waals surface area (Å²) in [5.74, 6) is 0.971. The van der Waals surface area contributed by atoms with E-state index < -0.39 is 0 Å². The van der Waals surface area contributed by atoms with Crippen molar-refractivity contribution in [2.24, 2.45) is 0 Å². The molecule has 0 spiro atoms. The fourth-order valence-corrected chi connectivity index (χ4v) is 4.43. The first-order valence-corrected chi connectivity index (χ1v) is 10.1. The molecule has 6 nitrogen and oxygen atoms in total. The maximum absolute atomic E-state index is 13.4. The molecule has 0 saturated heterocycles. The standard InChI is InChI=1S/C19H27N5OS/c1-5-11-23(12-6-2)18(25)17-16(15-9-7-13(3)8-10-15)22-24-14(4)20-21-19(24)26-17/h7-10,16-17,22H,5-6,11-12H2,1-4H3/t16-,17+/m1/s1. The second-order valence-corrected chi connectivity index (χ2v) is 7.86. The first-order chi connectivity index (χ1) is 12.5. The molecule has 7 heteroatoms. The van der Waals surface area contributed by atoms with Gasteiger partial charge in [-0.15, -0.1) is 10.2 Å². The number of fused-ring (bicyclic) bond motifs is 1. The molecule has 1 aromatic carbocycles. The minimum absolute atomic E-state index is 0.119. The molecule has 26 heavy (non-hydrogen) atoms. The predicted molar refractivity (Wildman–Crippen MR) is 105 cm³/mol. The van der Waals surface area contributed by atoms with Crippen LogP contribution in [0.5, 0.6) is 0 Å². The Hall–Kier alpha value is -2.02. The van der Waals surface area contributed by atoms with Crippen molar-refractivity contribution in [3.63, 3.8) is 0 Å². The molecule has 0 unspecified atom stereocenters. The zero-order valence-electron chi connectivity index (χ0n) is 15.9. The van der Waals surface area contributed by atoms with E-state index in [9.17, 15) is 4.79 Å². The van der Waals surface area contributed by atoms with Gasteiger partial charge in [0.2, 0.25) is 11.1 Å². The molecule has 0 aliphatic carbocycles. The highest BCUT2D eigenvalue weighted by molar-refractivity contribution is 8.00. The highest BCUT2D eigenvalue weighted by atomic mass is 32.2. The lowest BCUT2D eigenvalue weighted by Gasteiger charge is -2.35. The Labute approximate surface area is 159 Å². The van der Waals surface area contributed by atoms with E-state index in [2.05, 4.69) is 60.7 Å². The third kappa shape index (κ3) is 3.72. The molecule has 1 amide bonds. The van der Waals surface area contributed by atoms with Crippen LogP contribution in [0, 0.1) is 13.8 Å². The number of aromatic nitrogens is 3. The lowest BCUT2D eigenvalue weighted by atomic mass is 10.0. The van der Waals surface area contributed by atoms with Gasteiger partial charge in [0.25, 0.3) is 0 Å². The average molecular weight is 374 g/mol. The van der Waals surface area contributed by atoms with Crippen LogP contribution in [-0.4, -0.2) is 44.0 Å². The molecule has 140 valence electrons. The third-order valence-electron chi connectivity index (χ3n) is 4.58. The molecule has 1 aromatic heterocycles. The molecule has 1 aliphatic heterocycles. The molecule has 0 fully saturated rings. The largest absolute Gasteiger partial charge is 0.342 e. The van der Waals surface area contributed by atoms with Crippen LogP contribution in [0.15, 0.2) is 29.4 Å². The number of nitrogens with one attached hydrogen (secondary N) is 1. The van der Waals surface area contributed by atoms with Crippen molar-refractivity contribution in [2.75, 3.05) is 18.5 Å². The summed E-state index contributed by atoms with van der Waals surface area (Å²) in [6.45, 7) is 9.78. The van der Waals surface area contributed by atoms with E-state index in [0.717, 1.165) is 42.5 Å². The van der Waals surface area contributed by atoms with Gasteiger partial charge in [-0.1, -0.05) is 55.4 Å². The highest BCUT2D eigenvalue weighted by Crippen LogP contribution is 2.38. The lowest BCUT2D eigenvalue weighted by molar-refractivity contribution is -0.131. The number of hydrogen-bond donors (Lipinski definition) is 1. The molecule has 2 heterocycles. The van der Waals surface area contributed by atoms with Crippen LogP contribution < -0.4 is 5.43 Å². The van der Waals surface area contributed by atoms with E-state index in [1.165, 1.54) is 17.3 Å². The summed E-state index contributed by atoms with van der Waals surface area (Å²) >= 11 is 1.51. The zero-order chi connectivity index (χ0) is 18.7. The number of nitrogens with zero attached hydrogens (tertiary/aromatic N) is 4. The number of hydrogen-bond acceptors (Lipinski definition) is 5. The fourth-order valence-electron chi connectivity index (χ4n) is 3.22. The van der Waals surface area contributed by atoms with E-state index in [-0.39, 0.29) is 17.2 Å². The van der Waals surface area contributed by atoms with Crippen molar-refractivity contribution in [1.82, 2.24) is 19.8 Å². The van der Waals surface area contributed by atoms with Crippen LogP contribution in [0.2, 0.25) is 0 Å². The third-order valence-corrected chi connectivity index (χ3v) is 5.78. The Morgan fingerprint density at radius 1 is 1.15 bits per heavy atom. The van der Waals surface area contributed by atoms with Gasteiger partial charge in [0.05, 0.1) is 6.04 Å². The number of thioether (sulfide) groups is 1. The minimum Gasteiger partial charge on any atom is -0.342 e. The molecule has 2 atom stereocenters. The fraction of sp³-hybridized carbons (Fsp3) is 0.526. The monoisotopic (exact) mass is 373 g/mol. The van der Waals surface area contributed by atoms with Crippen molar-refractivity contribution in [2.45, 2.75) is 57.0 Å². The molecule has 0 saturated carbocycles. The number of rotatable bonds is 6. The second kappa shape index (κ2) is 8.12. The molecular weight excluding hydrogens is 346 g/mol. The molecule has 1 aliphatic rings. The highest BCUT2D eigenvalue weighted by Gasteiger charge is 2.39. The van der Waals surface area contributed by atoms with Gasteiger partial charge in [-0.2, -0.15) is 0 Å². The van der Waals surface area contributed by atoms with Crippen LogP contribution in [0.1, 0.15) is 49.7 Å². The van der Waals surface area contributed by atoms with Gasteiger partial charge < -0.3 is 10.3 Å². The summed E-state index contributed by atoms with van der Waals surface area (Å²) < 4.78 is 1.89. The van der Waals surface area contributed by atoms with Crippen LogP contribution in [0.4, 0.5) is 0 Å². The van der Waals surface area contributed by atoms with Gasteiger partial charge in [0, 0.05) is 13.1 Å². The first-order valence-electron chi connectivity index (χ1n) is 9.25. The van der Waals surface area contributed by atoms with E-state index >= 15 is 0 Å². The normalized spacial score (nSPS) is 18.9. The number of carbonyl (C=O) groups excluding carboxylic acids is 1. The van der Waals surface area contributed by atoms with Gasteiger partial charge in [0.15, 0.2) is 0 Å². The summed E-state index contributed by atoms with van der Waals surface area (Å²) in [6, 6.07) is 8.26. The Morgan fingerprint density at radius 3 is 2.42 bits per heavy atom. The summed E-state index contributed by atoms with van der Waals surface area (Å²) in [5.41, 5.74) is 5.79. The van der Waals surface area contributed by atoms with Gasteiger partial charge in [-0.3, -0.25) is 4.79 Å². The Balaban J connectivity index is 1.95. The topological polar surface area (TPSA) is 63.1 Å². The SMILES string of the molecule is CCCN(CCC)C(=O)[C@H]1Sc2nnc(C)n2N[C@@H]1c1ccc(C)cc1. The quantitative estimate of drug-likeness (QED) is 0.842.